The van der Waals surface area contributed by atoms with Crippen molar-refractivity contribution >= 4 is 50.7 Å². The van der Waals surface area contributed by atoms with Gasteiger partial charge in [0.05, 0.1) is 10.6 Å². The van der Waals surface area contributed by atoms with E-state index >= 15 is 0 Å². The van der Waals surface area contributed by atoms with Crippen molar-refractivity contribution < 1.29 is 18.0 Å². The van der Waals surface area contributed by atoms with Gasteiger partial charge in [-0.2, -0.15) is 0 Å². The molecule has 0 saturated heterocycles. The van der Waals surface area contributed by atoms with Crippen LogP contribution in [0.4, 0.5) is 5.69 Å². The van der Waals surface area contributed by atoms with Crippen molar-refractivity contribution in [2.75, 3.05) is 17.4 Å². The Bertz CT molecular complexity index is 1710. The number of rotatable bonds is 13. The quantitative estimate of drug-likeness (QED) is 0.167. The van der Waals surface area contributed by atoms with Crippen molar-refractivity contribution in [3.05, 3.63) is 129 Å². The summed E-state index contributed by atoms with van der Waals surface area (Å²) in [6.07, 6.45) is 0.947. The molecule has 0 saturated carbocycles. The fourth-order valence-corrected chi connectivity index (χ4v) is 6.52. The van der Waals surface area contributed by atoms with Gasteiger partial charge >= 0.3 is 0 Å². The van der Waals surface area contributed by atoms with E-state index in [1.54, 1.807) is 48.5 Å². The van der Waals surface area contributed by atoms with Crippen molar-refractivity contribution in [1.82, 2.24) is 10.2 Å². The first-order chi connectivity index (χ1) is 21.5. The van der Waals surface area contributed by atoms with E-state index in [4.69, 9.17) is 23.2 Å². The zero-order valence-corrected chi connectivity index (χ0v) is 27.9. The molecule has 10 heteroatoms. The normalized spacial score (nSPS) is 11.9. The lowest BCUT2D eigenvalue weighted by atomic mass is 10.0. The summed E-state index contributed by atoms with van der Waals surface area (Å²) in [7, 11) is -4.22. The Morgan fingerprint density at radius 1 is 0.844 bits per heavy atom. The van der Waals surface area contributed by atoms with E-state index in [2.05, 4.69) is 5.32 Å². The van der Waals surface area contributed by atoms with Gasteiger partial charge in [0.25, 0.3) is 10.0 Å². The summed E-state index contributed by atoms with van der Waals surface area (Å²) in [6, 6.07) is 26.8. The summed E-state index contributed by atoms with van der Waals surface area (Å²) in [4.78, 5) is 29.7. The van der Waals surface area contributed by atoms with Gasteiger partial charge in [-0.25, -0.2) is 8.42 Å². The van der Waals surface area contributed by atoms with Crippen LogP contribution in [0.15, 0.2) is 102 Å². The second kappa shape index (κ2) is 15.4. The van der Waals surface area contributed by atoms with Crippen LogP contribution in [0.2, 0.25) is 10.0 Å². The van der Waals surface area contributed by atoms with Gasteiger partial charge < -0.3 is 10.2 Å². The maximum Gasteiger partial charge on any atom is 0.264 e. The molecule has 4 aromatic carbocycles. The molecule has 0 aliphatic rings. The number of hydrogen-bond acceptors (Lipinski definition) is 4. The number of carbonyl (C=O) groups excluding carboxylic acids is 2. The van der Waals surface area contributed by atoms with E-state index in [0.29, 0.717) is 23.0 Å². The number of benzene rings is 4. The maximum absolute atomic E-state index is 14.5. The molecule has 0 heterocycles. The first kappa shape index (κ1) is 34.0. The first-order valence-corrected chi connectivity index (χ1v) is 16.9. The minimum Gasteiger partial charge on any atom is -0.354 e. The Morgan fingerprint density at radius 2 is 1.51 bits per heavy atom. The van der Waals surface area contributed by atoms with Crippen LogP contribution in [-0.2, 0) is 32.6 Å². The Kier molecular flexibility index (Phi) is 11.7. The van der Waals surface area contributed by atoms with Gasteiger partial charge in [-0.1, -0.05) is 96.4 Å². The molecule has 0 aromatic heterocycles. The third-order valence-electron chi connectivity index (χ3n) is 7.42. The predicted molar refractivity (Wildman–Crippen MR) is 181 cm³/mol. The van der Waals surface area contributed by atoms with Crippen molar-refractivity contribution in [2.24, 2.45) is 0 Å². The number of anilines is 1. The third kappa shape index (κ3) is 8.87. The highest BCUT2D eigenvalue weighted by Gasteiger charge is 2.34. The molecule has 1 N–H and O–H groups in total. The molecule has 236 valence electrons. The van der Waals surface area contributed by atoms with Crippen LogP contribution < -0.4 is 9.62 Å². The van der Waals surface area contributed by atoms with E-state index in [1.165, 1.54) is 23.1 Å². The molecule has 4 aromatic rings. The van der Waals surface area contributed by atoms with Crippen LogP contribution in [0.5, 0.6) is 0 Å². The molecular formula is C35H37Cl2N3O4S. The highest BCUT2D eigenvalue weighted by atomic mass is 35.5. The molecular weight excluding hydrogens is 629 g/mol. The Balaban J connectivity index is 1.81. The van der Waals surface area contributed by atoms with Crippen molar-refractivity contribution in [3.8, 4) is 0 Å². The lowest BCUT2D eigenvalue weighted by molar-refractivity contribution is -0.140. The molecule has 7 nitrogen and oxygen atoms in total. The number of carbonyl (C=O) groups is 2. The third-order valence-corrected chi connectivity index (χ3v) is 9.87. The topological polar surface area (TPSA) is 86.8 Å². The fourth-order valence-electron chi connectivity index (χ4n) is 4.81. The molecule has 2 amide bonds. The summed E-state index contributed by atoms with van der Waals surface area (Å²) in [5, 5.41) is 3.84. The number of hydrogen-bond donors (Lipinski definition) is 1. The minimum absolute atomic E-state index is 0.0309. The molecule has 0 aliphatic heterocycles. The van der Waals surface area contributed by atoms with E-state index in [0.717, 1.165) is 26.6 Å². The molecule has 1 unspecified atom stereocenters. The smallest absolute Gasteiger partial charge is 0.264 e. The van der Waals surface area contributed by atoms with Gasteiger partial charge in [-0.15, -0.1) is 0 Å². The molecule has 1 atom stereocenters. The monoisotopic (exact) mass is 665 g/mol. The van der Waals surface area contributed by atoms with Crippen LogP contribution in [0.25, 0.3) is 0 Å². The Labute approximate surface area is 275 Å². The fraction of sp³-hybridized carbons (Fsp3) is 0.257. The number of sulfonamides is 1. The lowest BCUT2D eigenvalue weighted by Crippen LogP contribution is -2.53. The van der Waals surface area contributed by atoms with Gasteiger partial charge in [0.15, 0.2) is 0 Å². The van der Waals surface area contributed by atoms with Gasteiger partial charge in [-0.05, 0) is 73.4 Å². The highest BCUT2D eigenvalue weighted by Crippen LogP contribution is 2.29. The average molecular weight is 667 g/mol. The van der Waals surface area contributed by atoms with E-state index in [-0.39, 0.29) is 29.5 Å². The van der Waals surface area contributed by atoms with Crippen LogP contribution in [0.3, 0.4) is 0 Å². The largest absolute Gasteiger partial charge is 0.354 e. The van der Waals surface area contributed by atoms with Crippen LogP contribution in [0, 0.1) is 13.8 Å². The van der Waals surface area contributed by atoms with Gasteiger partial charge in [0.1, 0.15) is 12.6 Å². The zero-order chi connectivity index (χ0) is 32.6. The molecule has 0 bridgehead atoms. The van der Waals surface area contributed by atoms with E-state index in [9.17, 15) is 18.0 Å². The summed E-state index contributed by atoms with van der Waals surface area (Å²) < 4.78 is 29.4. The number of aryl methyl sites for hydroxylation is 2. The summed E-state index contributed by atoms with van der Waals surface area (Å²) in [5.74, 6) is -0.876. The van der Waals surface area contributed by atoms with Crippen LogP contribution in [-0.4, -0.2) is 44.3 Å². The summed E-state index contributed by atoms with van der Waals surface area (Å²) >= 11 is 12.6. The van der Waals surface area contributed by atoms with E-state index < -0.39 is 28.5 Å². The second-order valence-electron chi connectivity index (χ2n) is 10.9. The highest BCUT2D eigenvalue weighted by molar-refractivity contribution is 7.92. The average Bonchev–Trinajstić information content (AvgIpc) is 3.03. The number of halogens is 2. The Morgan fingerprint density at radius 3 is 2.13 bits per heavy atom. The first-order valence-electron chi connectivity index (χ1n) is 14.7. The van der Waals surface area contributed by atoms with Crippen LogP contribution in [0.1, 0.15) is 35.6 Å². The summed E-state index contributed by atoms with van der Waals surface area (Å²) in [5.41, 5.74) is 3.49. The van der Waals surface area contributed by atoms with Crippen molar-refractivity contribution in [2.45, 2.75) is 51.1 Å². The molecule has 0 spiro atoms. The SMILES string of the molecule is CCCNC(=O)C(Cc1ccccc1)N(Cc1ccc(Cl)cc1)C(=O)CN(c1ccc(C)c(Cl)c1)S(=O)(=O)c1ccc(C)cc1. The van der Waals surface area contributed by atoms with Crippen molar-refractivity contribution in [1.29, 1.82) is 0 Å². The molecule has 0 aliphatic carbocycles. The van der Waals surface area contributed by atoms with Crippen LogP contribution >= 0.6 is 23.2 Å². The van der Waals surface area contributed by atoms with E-state index in [1.807, 2.05) is 51.1 Å². The lowest BCUT2D eigenvalue weighted by Gasteiger charge is -2.34. The van der Waals surface area contributed by atoms with Gasteiger partial charge in [0, 0.05) is 29.6 Å². The van der Waals surface area contributed by atoms with Gasteiger partial charge in [0.2, 0.25) is 11.8 Å². The second-order valence-corrected chi connectivity index (χ2v) is 13.6. The molecule has 0 radical (unpaired) electrons. The minimum atomic E-state index is -4.22. The number of amides is 2. The van der Waals surface area contributed by atoms with Gasteiger partial charge in [-0.3, -0.25) is 13.9 Å². The summed E-state index contributed by atoms with van der Waals surface area (Å²) in [6.45, 7) is 5.55. The molecule has 4 rings (SSSR count). The standard InChI is InChI=1S/C35H37Cl2N3O4S/c1-4-20-38-35(42)33(21-27-8-6-5-7-9-27)39(23-28-13-15-29(36)16-14-28)34(41)24-40(30-17-12-26(3)32(37)22-30)45(43,44)31-18-10-25(2)11-19-31/h5-19,22,33H,4,20-21,23-24H2,1-3H3,(H,38,42). The molecule has 45 heavy (non-hydrogen) atoms. The van der Waals surface area contributed by atoms with Crippen molar-refractivity contribution in [3.63, 3.8) is 0 Å². The maximum atomic E-state index is 14.5. The number of nitrogens with one attached hydrogen (secondary N) is 1. The number of nitrogens with zero attached hydrogens (tertiary/aromatic N) is 2. The Hall–Kier alpha value is -3.85. The predicted octanol–water partition coefficient (Wildman–Crippen LogP) is 6.97. The zero-order valence-electron chi connectivity index (χ0n) is 25.5. The molecule has 0 fully saturated rings.